The average molecular weight is 1060 g/mol. The molecule has 4 N–H and O–H groups in total. The van der Waals surface area contributed by atoms with E-state index in [4.69, 9.17) is 14.2 Å². The number of aromatic nitrogens is 1. The lowest BCUT2D eigenvalue weighted by Gasteiger charge is -2.37. The molecule has 2 aromatic carbocycles. The Labute approximate surface area is 427 Å². The Bertz CT molecular complexity index is 3010. The molecule has 5 atom stereocenters. The van der Waals surface area contributed by atoms with Crippen molar-refractivity contribution < 1.29 is 66.1 Å². The molecule has 5 aliphatic heterocycles. The number of imide groups is 1. The molecule has 19 nitrogen and oxygen atoms in total. The zero-order valence-corrected chi connectivity index (χ0v) is 42.1. The van der Waals surface area contributed by atoms with Gasteiger partial charge in [-0.2, -0.15) is 8.78 Å². The second-order valence-corrected chi connectivity index (χ2v) is 22.8. The van der Waals surface area contributed by atoms with Crippen molar-refractivity contribution in [3.8, 4) is 5.75 Å². The highest BCUT2D eigenvalue weighted by Crippen LogP contribution is 2.59. The highest BCUT2D eigenvalue weighted by atomic mass is 32.1. The molecule has 0 radical (unpaired) electrons. The van der Waals surface area contributed by atoms with Crippen molar-refractivity contribution >= 4 is 64.5 Å². The summed E-state index contributed by atoms with van der Waals surface area (Å²) in [4.78, 5) is 117. The fraction of sp³-hybridized carbons (Fsp3) is 0.510. The predicted octanol–water partition coefficient (Wildman–Crippen LogP) is 4.74. The van der Waals surface area contributed by atoms with Crippen LogP contribution < -0.4 is 20.9 Å². The molecule has 1 unspecified atom stereocenters. The monoisotopic (exact) mass is 1060 g/mol. The molecule has 6 amide bonds. The first-order valence-corrected chi connectivity index (χ1v) is 27.5. The van der Waals surface area contributed by atoms with Crippen molar-refractivity contribution in [2.24, 2.45) is 0 Å². The van der Waals surface area contributed by atoms with Gasteiger partial charge in [0.15, 0.2) is 0 Å². The molecule has 4 saturated heterocycles. The van der Waals surface area contributed by atoms with Crippen LogP contribution in [0.25, 0.3) is 10.1 Å². The van der Waals surface area contributed by atoms with Gasteiger partial charge in [0.1, 0.15) is 30.5 Å². The van der Waals surface area contributed by atoms with Crippen molar-refractivity contribution in [2.75, 3.05) is 39.6 Å². The lowest BCUT2D eigenvalue weighted by atomic mass is 9.96. The minimum absolute atomic E-state index is 0.0771. The van der Waals surface area contributed by atoms with Gasteiger partial charge in [-0.25, -0.2) is 0 Å². The number of nitrogens with zero attached hydrogens (tertiary/aromatic N) is 4. The van der Waals surface area contributed by atoms with Crippen molar-refractivity contribution in [2.45, 2.75) is 125 Å². The Morgan fingerprint density at radius 1 is 0.905 bits per heavy atom. The second kappa shape index (κ2) is 20.7. The van der Waals surface area contributed by atoms with E-state index in [1.165, 1.54) is 17.0 Å². The van der Waals surface area contributed by atoms with Gasteiger partial charge in [0.2, 0.25) is 23.6 Å². The van der Waals surface area contributed by atoms with E-state index >= 15 is 0 Å². The van der Waals surface area contributed by atoms with Gasteiger partial charge in [0.25, 0.3) is 17.4 Å². The Balaban J connectivity index is 0.686. The maximum absolute atomic E-state index is 14.7. The lowest BCUT2D eigenvalue weighted by molar-refractivity contribution is -0.148. The van der Waals surface area contributed by atoms with Crippen molar-refractivity contribution in [3.05, 3.63) is 98.3 Å². The van der Waals surface area contributed by atoms with Crippen molar-refractivity contribution in [1.82, 2.24) is 29.9 Å². The number of pyridine rings is 1. The largest absolute Gasteiger partial charge is 0.491 e. The van der Waals surface area contributed by atoms with E-state index in [1.807, 2.05) is 11.0 Å². The molecular formula is C51H57F2N6O13PS. The summed E-state index contributed by atoms with van der Waals surface area (Å²) in [6, 6.07) is 10.7. The van der Waals surface area contributed by atoms with Gasteiger partial charge in [0.05, 0.1) is 37.8 Å². The Hall–Kier alpha value is -5.90. The maximum atomic E-state index is 14.7. The van der Waals surface area contributed by atoms with Crippen molar-refractivity contribution in [1.29, 1.82) is 0 Å². The molecule has 6 aliphatic rings. The zero-order chi connectivity index (χ0) is 52.1. The normalized spacial score (nSPS) is 23.7. The summed E-state index contributed by atoms with van der Waals surface area (Å²) < 4.78 is 59.8. The zero-order valence-electron chi connectivity index (χ0n) is 40.4. The smallest absolute Gasteiger partial charge is 0.399 e. The average Bonchev–Trinajstić information content (AvgIpc) is 3.68. The van der Waals surface area contributed by atoms with E-state index in [0.29, 0.717) is 66.8 Å². The minimum Gasteiger partial charge on any atom is -0.491 e. The number of likely N-dealkylation sites (tertiary alicyclic amines) is 1. The summed E-state index contributed by atoms with van der Waals surface area (Å²) >= 11 is 1.00. The molecule has 5 fully saturated rings. The van der Waals surface area contributed by atoms with Gasteiger partial charge in [-0.05, 0) is 98.7 Å². The number of fused-ring (bicyclic) bond motifs is 3. The Kier molecular flexibility index (Phi) is 14.4. The standard InChI is InChI=1S/C51H57F2N6O13PS/c52-51(53,73(67,68)69)33-8-12-41-31(24-33)25-42(74-41)46(63)54-37-6-2-1-4-34-9-10-39(59(34)48(37)65)49(66)58-28-32(27-50(58)15-16-50)30-14-17-56(44(61)26-30)18-19-70-20-21-71-22-23-72-40-7-3-5-35-36(40)29-57(47(35)64)38-11-13-43(60)55-45(38)62/h3,5,7-8,12,14,17,24-26,32,34,37-39H,1-2,4,6,9-11,13,15-16,18-23,27-29H2,(H,54,63)(H,55,60,62)(H2,67,68,69)/t32-,34-,37-,38?,39-/m0/s1. The molecule has 1 spiro atoms. The van der Waals surface area contributed by atoms with E-state index in [1.54, 1.807) is 39.9 Å². The Morgan fingerprint density at radius 2 is 1.68 bits per heavy atom. The van der Waals surface area contributed by atoms with Crippen LogP contribution in [0.4, 0.5) is 8.78 Å². The molecule has 10 rings (SSSR count). The summed E-state index contributed by atoms with van der Waals surface area (Å²) in [6.07, 6.45) is 8.19. The highest BCUT2D eigenvalue weighted by Gasteiger charge is 2.59. The number of amides is 6. The molecule has 1 aliphatic carbocycles. The van der Waals surface area contributed by atoms with Crippen molar-refractivity contribution in [3.63, 3.8) is 0 Å². The number of benzene rings is 2. The molecule has 7 heterocycles. The van der Waals surface area contributed by atoms with Crippen LogP contribution in [0.2, 0.25) is 0 Å². The van der Waals surface area contributed by atoms with E-state index < -0.39 is 48.8 Å². The number of alkyl halides is 2. The number of rotatable bonds is 17. The fourth-order valence-electron chi connectivity index (χ4n) is 11.4. The third-order valence-corrected chi connectivity index (χ3v) is 17.5. The van der Waals surface area contributed by atoms with Gasteiger partial charge >= 0.3 is 13.3 Å². The van der Waals surface area contributed by atoms with Gasteiger partial charge < -0.3 is 48.6 Å². The van der Waals surface area contributed by atoms with Crippen LogP contribution in [0.5, 0.6) is 5.75 Å². The summed E-state index contributed by atoms with van der Waals surface area (Å²) in [7, 11) is -5.80. The van der Waals surface area contributed by atoms with Gasteiger partial charge in [-0.15, -0.1) is 11.3 Å². The molecule has 23 heteroatoms. The molecule has 2 aromatic heterocycles. The predicted molar refractivity (Wildman–Crippen MR) is 262 cm³/mol. The topological polar surface area (TPSA) is 243 Å². The second-order valence-electron chi connectivity index (χ2n) is 20.1. The number of carbonyl (C=O) groups excluding carboxylic acids is 6. The Morgan fingerprint density at radius 3 is 2.43 bits per heavy atom. The molecular weight excluding hydrogens is 1010 g/mol. The SMILES string of the molecule is O=C1CCC(N2Cc3c(OCCOCCOCCn4ccc([C@@H]5CN(C(=O)[C@@H]6CC[C@@H]7CCCC[C@H](NC(=O)c8cc9cc(C(F)(F)P(=O)(O)O)ccc9s8)C(=O)N76)C6(CC6)C5)cc4=O)cccc3C2=O)C(=O)N1. The number of thiophene rings is 1. The van der Waals surface area contributed by atoms with Crippen LogP contribution in [0.3, 0.4) is 0 Å². The first-order valence-electron chi connectivity index (χ1n) is 25.1. The third-order valence-electron chi connectivity index (χ3n) is 15.4. The summed E-state index contributed by atoms with van der Waals surface area (Å²) in [6.45, 7) is 2.23. The lowest BCUT2D eigenvalue weighted by Crippen LogP contribution is -2.57. The molecule has 74 heavy (non-hydrogen) atoms. The number of piperidine rings is 1. The number of halogens is 2. The third kappa shape index (κ3) is 10.2. The summed E-state index contributed by atoms with van der Waals surface area (Å²) in [5.41, 5.74) is -3.85. The maximum Gasteiger partial charge on any atom is 0.399 e. The summed E-state index contributed by atoms with van der Waals surface area (Å²) in [5, 5.41) is 5.36. The fourth-order valence-corrected chi connectivity index (χ4v) is 12.8. The quantitative estimate of drug-likeness (QED) is 0.0635. The molecule has 4 aromatic rings. The summed E-state index contributed by atoms with van der Waals surface area (Å²) in [5.74, 6) is -1.72. The van der Waals surface area contributed by atoms with Crippen LogP contribution in [0.1, 0.15) is 113 Å². The van der Waals surface area contributed by atoms with E-state index in [9.17, 15) is 56.7 Å². The van der Waals surface area contributed by atoms with E-state index in [0.717, 1.165) is 54.7 Å². The van der Waals surface area contributed by atoms with Gasteiger partial charge in [-0.3, -0.25) is 43.4 Å². The number of nitrogens with one attached hydrogen (secondary N) is 2. The molecule has 0 bridgehead atoms. The first kappa shape index (κ1) is 51.6. The van der Waals surface area contributed by atoms with E-state index in [-0.39, 0.29) is 109 Å². The highest BCUT2D eigenvalue weighted by molar-refractivity contribution is 7.52. The number of hydrogen-bond acceptors (Lipinski definition) is 12. The van der Waals surface area contributed by atoms with E-state index in [2.05, 4.69) is 10.6 Å². The van der Waals surface area contributed by atoms with Gasteiger partial charge in [0, 0.05) is 70.7 Å². The first-order chi connectivity index (χ1) is 35.4. The molecule has 394 valence electrons. The van der Waals surface area contributed by atoms with Gasteiger partial charge in [-0.1, -0.05) is 25.0 Å². The number of hydrogen-bond donors (Lipinski definition) is 4. The van der Waals surface area contributed by atoms with Crippen LogP contribution in [-0.4, -0.2) is 134 Å². The molecule has 1 saturated carbocycles. The van der Waals surface area contributed by atoms with Crippen LogP contribution in [0, 0.1) is 0 Å². The van der Waals surface area contributed by atoms with Crippen LogP contribution in [0.15, 0.2) is 65.6 Å². The van der Waals surface area contributed by atoms with Crippen LogP contribution in [-0.2, 0) is 52.0 Å². The number of ether oxygens (including phenoxy) is 3. The number of carbonyl (C=O) groups is 6. The van der Waals surface area contributed by atoms with Crippen LogP contribution >= 0.6 is 18.9 Å². The minimum atomic E-state index is -5.80.